The summed E-state index contributed by atoms with van der Waals surface area (Å²) in [5, 5.41) is 3.48. The maximum Gasteiger partial charge on any atom is 0.0120 e. The maximum atomic E-state index is 4.05. The smallest absolute Gasteiger partial charge is 0.0120 e. The summed E-state index contributed by atoms with van der Waals surface area (Å²) in [5.41, 5.74) is 0. The van der Waals surface area contributed by atoms with Crippen molar-refractivity contribution in [3.05, 3.63) is 0 Å². The molecule has 0 fully saturated rings. The van der Waals surface area contributed by atoms with Gasteiger partial charge in [0, 0.05) is 6.04 Å². The Morgan fingerprint density at radius 2 is 2.56 bits per heavy atom. The van der Waals surface area contributed by atoms with Crippen LogP contribution >= 0.6 is 14.9 Å². The fourth-order valence-electron chi connectivity index (χ4n) is 0.949. The maximum absolute atomic E-state index is 4.05. The van der Waals surface area contributed by atoms with E-state index in [0.29, 0.717) is 6.04 Å². The predicted molar refractivity (Wildman–Crippen MR) is 47.7 cm³/mol. The van der Waals surface area contributed by atoms with Crippen molar-refractivity contribution in [2.24, 2.45) is 0 Å². The molecule has 0 bridgehead atoms. The van der Waals surface area contributed by atoms with E-state index in [4.69, 9.17) is 0 Å². The summed E-state index contributed by atoms with van der Waals surface area (Å²) >= 11 is 0. The van der Waals surface area contributed by atoms with E-state index in [9.17, 15) is 0 Å². The molecule has 0 saturated carbocycles. The van der Waals surface area contributed by atoms with Gasteiger partial charge in [-0.1, -0.05) is 14.2 Å². The zero-order valence-corrected chi connectivity index (χ0v) is 7.59. The minimum Gasteiger partial charge on any atom is -0.269 e. The summed E-state index contributed by atoms with van der Waals surface area (Å²) in [6, 6.07) is 0.712. The Hall–Kier alpha value is 0.430. The lowest BCUT2D eigenvalue weighted by molar-refractivity contribution is 0.622. The second kappa shape index (κ2) is 3.56. The van der Waals surface area contributed by atoms with Gasteiger partial charge >= 0.3 is 0 Å². The standard InChI is InChI=1S/C6H13NP2/c1-6-4-3-5-8-9(2)7-6/h6-7H,2-5H2,1H3. The number of nitrogens with one attached hydrogen (secondary N) is 1. The van der Waals surface area contributed by atoms with E-state index < -0.39 is 0 Å². The fraction of sp³-hybridized carbons (Fsp3) is 0.833. The van der Waals surface area contributed by atoms with Crippen LogP contribution in [-0.4, -0.2) is 18.5 Å². The molecule has 2 unspecified atom stereocenters. The fourth-order valence-corrected chi connectivity index (χ4v) is 4.22. The molecule has 1 rings (SSSR count). The molecule has 0 spiro atoms. The third-order valence-electron chi connectivity index (χ3n) is 1.44. The van der Waals surface area contributed by atoms with Crippen molar-refractivity contribution in [3.63, 3.8) is 0 Å². The predicted octanol–water partition coefficient (Wildman–Crippen LogP) is 2.45. The zero-order chi connectivity index (χ0) is 6.69. The number of hydrogen-bond donors (Lipinski definition) is 1. The van der Waals surface area contributed by atoms with Gasteiger partial charge in [-0.3, -0.25) is 5.09 Å². The third-order valence-corrected chi connectivity index (χ3v) is 5.00. The molecule has 3 heteroatoms. The molecule has 1 N–H and O–H groups in total. The van der Waals surface area contributed by atoms with Crippen molar-refractivity contribution < 1.29 is 0 Å². The van der Waals surface area contributed by atoms with Gasteiger partial charge in [0.05, 0.1) is 0 Å². The molecular weight excluding hydrogens is 148 g/mol. The van der Waals surface area contributed by atoms with Gasteiger partial charge in [0.15, 0.2) is 0 Å². The first-order valence-corrected chi connectivity index (χ1v) is 6.64. The van der Waals surface area contributed by atoms with Crippen molar-refractivity contribution in [2.45, 2.75) is 25.8 Å². The van der Waals surface area contributed by atoms with Crippen molar-refractivity contribution in [2.75, 3.05) is 6.16 Å². The van der Waals surface area contributed by atoms with Crippen molar-refractivity contribution in [3.8, 4) is 0 Å². The highest BCUT2D eigenvalue weighted by atomic mass is 31.7. The third kappa shape index (κ3) is 2.67. The lowest BCUT2D eigenvalue weighted by Crippen LogP contribution is -2.15. The molecule has 0 amide bonds. The Kier molecular flexibility index (Phi) is 2.98. The Morgan fingerprint density at radius 1 is 1.78 bits per heavy atom. The molecule has 1 heterocycles. The largest absolute Gasteiger partial charge is 0.269 e. The second-order valence-corrected chi connectivity index (χ2v) is 6.52. The van der Waals surface area contributed by atoms with Crippen LogP contribution in [0.15, 0.2) is 0 Å². The molecule has 1 aliphatic rings. The minimum absolute atomic E-state index is 0.0854. The van der Waals surface area contributed by atoms with Gasteiger partial charge in [0.2, 0.25) is 0 Å². The topological polar surface area (TPSA) is 12.0 Å². The molecule has 0 aromatic carbocycles. The van der Waals surface area contributed by atoms with Crippen LogP contribution in [-0.2, 0) is 0 Å². The molecule has 52 valence electrons. The molecule has 1 aliphatic heterocycles. The van der Waals surface area contributed by atoms with Crippen LogP contribution in [0, 0.1) is 0 Å². The molecule has 0 radical (unpaired) electrons. The van der Waals surface area contributed by atoms with Gasteiger partial charge in [0.1, 0.15) is 0 Å². The normalized spacial score (nSPS) is 34.8. The molecule has 0 aliphatic carbocycles. The monoisotopic (exact) mass is 161 g/mol. The molecular formula is C6H13NP2. The summed E-state index contributed by atoms with van der Waals surface area (Å²) < 4.78 is 0. The lowest BCUT2D eigenvalue weighted by atomic mass is 10.2. The molecule has 0 saturated heterocycles. The van der Waals surface area contributed by atoms with Gasteiger partial charge in [-0.25, -0.2) is 0 Å². The lowest BCUT2D eigenvalue weighted by Gasteiger charge is -2.05. The van der Waals surface area contributed by atoms with E-state index in [2.05, 4.69) is 18.3 Å². The van der Waals surface area contributed by atoms with Crippen LogP contribution in [0.25, 0.3) is 0 Å². The summed E-state index contributed by atoms with van der Waals surface area (Å²) in [6.07, 6.45) is 8.12. The zero-order valence-electron chi connectivity index (χ0n) is 5.80. The summed E-state index contributed by atoms with van der Waals surface area (Å²) in [6.45, 7) is 2.17. The Morgan fingerprint density at radius 3 is 3.33 bits per heavy atom. The highest BCUT2D eigenvalue weighted by Crippen LogP contribution is 2.25. The summed E-state index contributed by atoms with van der Waals surface area (Å²) in [4.78, 5) is 0. The molecule has 0 aromatic rings. The van der Waals surface area contributed by atoms with Crippen molar-refractivity contribution in [1.29, 1.82) is 0 Å². The van der Waals surface area contributed by atoms with E-state index in [1.807, 2.05) is 0 Å². The molecule has 0 aromatic heterocycles. The highest BCUT2D eigenvalue weighted by Gasteiger charge is 2.01. The van der Waals surface area contributed by atoms with Gasteiger partial charge in [0.25, 0.3) is 0 Å². The van der Waals surface area contributed by atoms with E-state index in [1.54, 1.807) is 7.87 Å². The quantitative estimate of drug-likeness (QED) is 0.538. The minimum atomic E-state index is -0.0854. The number of hydrogen-bond acceptors (Lipinski definition) is 1. The van der Waals surface area contributed by atoms with Crippen LogP contribution in [0.1, 0.15) is 19.8 Å². The van der Waals surface area contributed by atoms with E-state index in [0.717, 1.165) is 0 Å². The summed E-state index contributed by atoms with van der Waals surface area (Å²) in [5.74, 6) is 0. The van der Waals surface area contributed by atoms with E-state index in [-0.39, 0.29) is 6.98 Å². The molecule has 9 heavy (non-hydrogen) atoms. The first kappa shape index (κ1) is 7.54. The molecule has 2 atom stereocenters. The SMILES string of the molecule is C=P1=PCCCC(C)N1. The first-order chi connectivity index (χ1) is 4.29. The Bertz CT molecular complexity index is 158. The van der Waals surface area contributed by atoms with Crippen molar-refractivity contribution >= 4 is 21.1 Å². The van der Waals surface area contributed by atoms with Gasteiger partial charge < -0.3 is 0 Å². The Labute approximate surface area is 58.9 Å². The van der Waals surface area contributed by atoms with Gasteiger partial charge in [-0.05, 0) is 32.9 Å². The van der Waals surface area contributed by atoms with E-state index >= 15 is 0 Å². The first-order valence-electron chi connectivity index (χ1n) is 3.33. The van der Waals surface area contributed by atoms with Crippen LogP contribution in [0.4, 0.5) is 0 Å². The van der Waals surface area contributed by atoms with Gasteiger partial charge in [-0.2, -0.15) is 0 Å². The second-order valence-electron chi connectivity index (χ2n) is 2.44. The molecule has 1 nitrogen and oxygen atoms in total. The van der Waals surface area contributed by atoms with E-state index in [1.165, 1.54) is 19.0 Å². The van der Waals surface area contributed by atoms with Crippen molar-refractivity contribution in [1.82, 2.24) is 5.09 Å². The Balaban J connectivity index is 2.54. The average molecular weight is 161 g/mol. The van der Waals surface area contributed by atoms with Crippen LogP contribution in [0.3, 0.4) is 0 Å². The number of rotatable bonds is 0. The van der Waals surface area contributed by atoms with Crippen LogP contribution in [0.5, 0.6) is 0 Å². The van der Waals surface area contributed by atoms with Crippen LogP contribution < -0.4 is 5.09 Å². The van der Waals surface area contributed by atoms with Gasteiger partial charge in [-0.15, -0.1) is 0 Å². The van der Waals surface area contributed by atoms with Crippen LogP contribution in [0.2, 0.25) is 0 Å². The highest BCUT2D eigenvalue weighted by molar-refractivity contribution is 7.91. The average Bonchev–Trinajstić information content (AvgIpc) is 1.93. The summed E-state index contributed by atoms with van der Waals surface area (Å²) in [7, 11) is 1.54.